The summed E-state index contributed by atoms with van der Waals surface area (Å²) in [6, 6.07) is 7.10. The maximum Gasteiger partial charge on any atom is 0.341 e. The Hall–Kier alpha value is -2.85. The molecule has 1 aromatic carbocycles. The van der Waals surface area contributed by atoms with Gasteiger partial charge in [-0.3, -0.25) is 14.4 Å². The summed E-state index contributed by atoms with van der Waals surface area (Å²) in [5.74, 6) is -1.99. The Kier molecular flexibility index (Phi) is 10.4. The van der Waals surface area contributed by atoms with Crippen LogP contribution in [0.5, 0.6) is 0 Å². The van der Waals surface area contributed by atoms with Crippen molar-refractivity contribution in [1.29, 1.82) is 0 Å². The number of carboxylic acids is 1. The van der Waals surface area contributed by atoms with E-state index in [9.17, 15) is 19.2 Å². The molecule has 0 saturated carbocycles. The second kappa shape index (κ2) is 13.5. The van der Waals surface area contributed by atoms with E-state index < -0.39 is 11.2 Å². The molecule has 8 nitrogen and oxygen atoms in total. The standard InChI is InChI=1S/C26H32N2O6S2/c1-3-19(35-17-10-8-9-16(15-17)27-21(29)13-14-22(30)31)24(32)28-25-23(26(33)34-4-2)18-11-6-5-7-12-20(18)36-25/h8-10,15,19H,3-7,11-14H2,1-2H3,(H,27,29)(H,28,32)(H,30,31). The van der Waals surface area contributed by atoms with Crippen molar-refractivity contribution in [2.75, 3.05) is 17.2 Å². The molecular weight excluding hydrogens is 500 g/mol. The van der Waals surface area contributed by atoms with E-state index in [1.54, 1.807) is 25.1 Å². The zero-order chi connectivity index (χ0) is 26.1. The summed E-state index contributed by atoms with van der Waals surface area (Å²) in [4.78, 5) is 50.7. The summed E-state index contributed by atoms with van der Waals surface area (Å²) >= 11 is 2.85. The highest BCUT2D eigenvalue weighted by atomic mass is 32.2. The van der Waals surface area contributed by atoms with E-state index in [2.05, 4.69) is 10.6 Å². The van der Waals surface area contributed by atoms with Crippen LogP contribution in [0.15, 0.2) is 29.2 Å². The summed E-state index contributed by atoms with van der Waals surface area (Å²) < 4.78 is 5.32. The first-order chi connectivity index (χ1) is 17.3. The van der Waals surface area contributed by atoms with Crippen LogP contribution >= 0.6 is 23.1 Å². The van der Waals surface area contributed by atoms with Gasteiger partial charge in [-0.1, -0.05) is 19.4 Å². The Morgan fingerprint density at radius 3 is 2.58 bits per heavy atom. The molecule has 1 aromatic heterocycles. The SMILES string of the molecule is CCOC(=O)c1c(NC(=O)C(CC)Sc2cccc(NC(=O)CCC(=O)O)c2)sc2c1CCCCC2. The van der Waals surface area contributed by atoms with E-state index in [0.717, 1.165) is 47.4 Å². The topological polar surface area (TPSA) is 122 Å². The molecule has 1 unspecified atom stereocenters. The van der Waals surface area contributed by atoms with E-state index >= 15 is 0 Å². The van der Waals surface area contributed by atoms with Crippen LogP contribution in [0.4, 0.5) is 10.7 Å². The molecule has 0 aliphatic heterocycles. The maximum atomic E-state index is 13.3. The number of fused-ring (bicyclic) bond motifs is 1. The zero-order valence-electron chi connectivity index (χ0n) is 20.6. The molecule has 0 fully saturated rings. The second-order valence-corrected chi connectivity index (χ2v) is 10.8. The minimum Gasteiger partial charge on any atom is -0.481 e. The number of hydrogen-bond acceptors (Lipinski definition) is 7. The molecule has 0 bridgehead atoms. The predicted octanol–water partition coefficient (Wildman–Crippen LogP) is 5.51. The molecule has 0 spiro atoms. The minimum absolute atomic E-state index is 0.111. The quantitative estimate of drug-likeness (QED) is 0.198. The number of hydrogen-bond donors (Lipinski definition) is 3. The van der Waals surface area contributed by atoms with Crippen LogP contribution in [0.3, 0.4) is 0 Å². The largest absolute Gasteiger partial charge is 0.481 e. The first-order valence-corrected chi connectivity index (χ1v) is 13.9. The van der Waals surface area contributed by atoms with Crippen molar-refractivity contribution in [3.63, 3.8) is 0 Å². The van der Waals surface area contributed by atoms with Gasteiger partial charge in [-0.05, 0) is 62.8 Å². The lowest BCUT2D eigenvalue weighted by molar-refractivity contribution is -0.138. The molecule has 1 aliphatic carbocycles. The van der Waals surface area contributed by atoms with Gasteiger partial charge in [0.25, 0.3) is 0 Å². The Balaban J connectivity index is 1.73. The molecule has 1 atom stereocenters. The maximum absolute atomic E-state index is 13.3. The molecule has 3 N–H and O–H groups in total. The Morgan fingerprint density at radius 1 is 1.08 bits per heavy atom. The fourth-order valence-corrected chi connectivity index (χ4v) is 6.31. The van der Waals surface area contributed by atoms with E-state index in [4.69, 9.17) is 9.84 Å². The van der Waals surface area contributed by atoms with Gasteiger partial charge in [0.1, 0.15) is 5.00 Å². The number of nitrogens with one attached hydrogen (secondary N) is 2. The van der Waals surface area contributed by atoms with Crippen molar-refractivity contribution in [1.82, 2.24) is 0 Å². The number of carbonyl (C=O) groups excluding carboxylic acids is 3. The number of carbonyl (C=O) groups is 4. The third-order valence-corrected chi connectivity index (χ3v) is 8.33. The second-order valence-electron chi connectivity index (χ2n) is 8.46. The molecule has 36 heavy (non-hydrogen) atoms. The number of benzene rings is 1. The summed E-state index contributed by atoms with van der Waals surface area (Å²) in [5.41, 5.74) is 2.05. The number of rotatable bonds is 11. The number of carboxylic acid groups (broad SMARTS) is 1. The van der Waals surface area contributed by atoms with Crippen LogP contribution in [0.1, 0.15) is 73.2 Å². The van der Waals surface area contributed by atoms with Crippen LogP contribution in [0.2, 0.25) is 0 Å². The van der Waals surface area contributed by atoms with Crippen molar-refractivity contribution < 1.29 is 29.0 Å². The highest BCUT2D eigenvalue weighted by Gasteiger charge is 2.28. The van der Waals surface area contributed by atoms with Gasteiger partial charge in [-0.25, -0.2) is 4.79 Å². The Bertz CT molecular complexity index is 1110. The average molecular weight is 533 g/mol. The molecule has 2 amide bonds. The lowest BCUT2D eigenvalue weighted by Gasteiger charge is -2.16. The van der Waals surface area contributed by atoms with Gasteiger partial charge in [0, 0.05) is 21.9 Å². The monoisotopic (exact) mass is 532 g/mol. The summed E-state index contributed by atoms with van der Waals surface area (Å²) in [6.07, 6.45) is 5.13. The van der Waals surface area contributed by atoms with Gasteiger partial charge in [0.2, 0.25) is 11.8 Å². The van der Waals surface area contributed by atoms with Gasteiger partial charge in [-0.15, -0.1) is 23.1 Å². The smallest absolute Gasteiger partial charge is 0.341 e. The van der Waals surface area contributed by atoms with Crippen LogP contribution in [-0.2, 0) is 32.0 Å². The van der Waals surface area contributed by atoms with Gasteiger partial charge in [-0.2, -0.15) is 0 Å². The van der Waals surface area contributed by atoms with Crippen LogP contribution in [0, 0.1) is 0 Å². The lowest BCUT2D eigenvalue weighted by Crippen LogP contribution is -2.25. The summed E-state index contributed by atoms with van der Waals surface area (Å²) in [5, 5.41) is 14.6. The number of thioether (sulfide) groups is 1. The molecule has 194 valence electrons. The van der Waals surface area contributed by atoms with E-state index in [-0.39, 0.29) is 37.2 Å². The third-order valence-electron chi connectivity index (χ3n) is 5.76. The Morgan fingerprint density at radius 2 is 1.86 bits per heavy atom. The highest BCUT2D eigenvalue weighted by molar-refractivity contribution is 8.00. The number of ether oxygens (including phenoxy) is 1. The van der Waals surface area contributed by atoms with E-state index in [1.807, 2.05) is 13.0 Å². The molecular formula is C26H32N2O6S2. The first-order valence-electron chi connectivity index (χ1n) is 12.2. The average Bonchev–Trinajstić information content (AvgIpc) is 3.01. The number of thiophene rings is 1. The summed E-state index contributed by atoms with van der Waals surface area (Å²) in [6.45, 7) is 3.96. The number of aliphatic carboxylic acids is 1. The van der Waals surface area contributed by atoms with Crippen LogP contribution in [-0.4, -0.2) is 40.7 Å². The number of esters is 1. The van der Waals surface area contributed by atoms with Gasteiger partial charge >= 0.3 is 11.9 Å². The van der Waals surface area contributed by atoms with Crippen molar-refractivity contribution >= 4 is 57.5 Å². The van der Waals surface area contributed by atoms with Gasteiger partial charge in [0.05, 0.1) is 23.8 Å². The molecule has 0 radical (unpaired) electrons. The predicted molar refractivity (Wildman–Crippen MR) is 142 cm³/mol. The number of amides is 2. The van der Waals surface area contributed by atoms with E-state index in [1.165, 1.54) is 23.1 Å². The highest BCUT2D eigenvalue weighted by Crippen LogP contribution is 2.39. The van der Waals surface area contributed by atoms with Crippen LogP contribution in [0.25, 0.3) is 0 Å². The molecule has 0 saturated heterocycles. The zero-order valence-corrected chi connectivity index (χ0v) is 22.2. The normalized spacial score (nSPS) is 13.7. The third kappa shape index (κ3) is 7.57. The molecule has 1 aliphatic rings. The number of anilines is 2. The molecule has 1 heterocycles. The Labute approximate surface area is 219 Å². The van der Waals surface area contributed by atoms with Gasteiger partial charge in [0.15, 0.2) is 0 Å². The summed E-state index contributed by atoms with van der Waals surface area (Å²) in [7, 11) is 0. The molecule has 2 aromatic rings. The molecule has 3 rings (SSSR count). The van der Waals surface area contributed by atoms with Crippen molar-refractivity contribution in [2.24, 2.45) is 0 Å². The van der Waals surface area contributed by atoms with Gasteiger partial charge < -0.3 is 20.5 Å². The van der Waals surface area contributed by atoms with Crippen molar-refractivity contribution in [2.45, 2.75) is 75.4 Å². The fourth-order valence-electron chi connectivity index (χ4n) is 4.02. The lowest BCUT2D eigenvalue weighted by atomic mass is 10.1. The fraction of sp³-hybridized carbons (Fsp3) is 0.462. The molecule has 10 heteroatoms. The van der Waals surface area contributed by atoms with Crippen molar-refractivity contribution in [3.05, 3.63) is 40.3 Å². The first kappa shape index (κ1) is 27.7. The van der Waals surface area contributed by atoms with E-state index in [0.29, 0.717) is 22.7 Å². The van der Waals surface area contributed by atoms with Crippen molar-refractivity contribution in [3.8, 4) is 0 Å². The van der Waals surface area contributed by atoms with Crippen LogP contribution < -0.4 is 10.6 Å². The minimum atomic E-state index is -1.03. The number of aryl methyl sites for hydroxylation is 1.